The van der Waals surface area contributed by atoms with Crippen molar-refractivity contribution < 1.29 is 4.79 Å². The Kier molecular flexibility index (Phi) is 4.66. The predicted molar refractivity (Wildman–Crippen MR) is 110 cm³/mol. The lowest BCUT2D eigenvalue weighted by Crippen LogP contribution is -2.31. The topological polar surface area (TPSA) is 77.0 Å². The Hall–Kier alpha value is -3.45. The van der Waals surface area contributed by atoms with Crippen LogP contribution >= 0.6 is 0 Å². The Labute approximate surface area is 166 Å². The highest BCUT2D eigenvalue weighted by atomic mass is 28.2. The summed E-state index contributed by atoms with van der Waals surface area (Å²) in [5.41, 5.74) is 8.24. The van der Waals surface area contributed by atoms with E-state index in [2.05, 4.69) is 20.4 Å². The molecule has 0 aliphatic carbocycles. The van der Waals surface area contributed by atoms with Crippen LogP contribution in [0.4, 0.5) is 5.95 Å². The van der Waals surface area contributed by atoms with Gasteiger partial charge in [-0.15, -0.1) is 0 Å². The van der Waals surface area contributed by atoms with Gasteiger partial charge in [-0.3, -0.25) is 4.79 Å². The Morgan fingerprint density at radius 2 is 1.89 bits per heavy atom. The average molecular weight is 384 g/mol. The average Bonchev–Trinajstić information content (AvgIpc) is 3.17. The van der Waals surface area contributed by atoms with Gasteiger partial charge in [0.25, 0.3) is 0 Å². The highest BCUT2D eigenvalue weighted by Gasteiger charge is 2.21. The first kappa shape index (κ1) is 17.9. The van der Waals surface area contributed by atoms with Crippen LogP contribution in [0, 0.1) is 0 Å². The number of hydrogen-bond acceptors (Lipinski definition) is 4. The molecule has 1 atom stereocenters. The monoisotopic (exact) mass is 384 g/mol. The largest absolute Gasteiger partial charge is 0.368 e. The van der Waals surface area contributed by atoms with E-state index >= 15 is 0 Å². The SMILES string of the molecule is C[C@@H](c1ccccc1)N([Si])C(=O)c1cccc2c1ccn2-c1ccnc(N)n1. The molecule has 0 spiro atoms. The zero-order valence-corrected chi connectivity index (χ0v) is 16.3. The van der Waals surface area contributed by atoms with Crippen LogP contribution in [-0.4, -0.2) is 35.4 Å². The summed E-state index contributed by atoms with van der Waals surface area (Å²) in [6.07, 6.45) is 3.49. The standard InChI is InChI=1S/C21H18N5OSi/c1-14(15-6-3-2-4-7-15)26(28)20(27)17-8-5-9-18-16(17)11-13-25(18)19-10-12-23-21(22)24-19/h2-14H,1H3,(H2,22,23,24)/t14-/m0/s1. The lowest BCUT2D eigenvalue weighted by molar-refractivity contribution is 0.0831. The molecule has 0 saturated heterocycles. The highest BCUT2D eigenvalue weighted by Crippen LogP contribution is 2.26. The summed E-state index contributed by atoms with van der Waals surface area (Å²) in [6.45, 7) is 1.98. The number of nitrogens with zero attached hydrogens (tertiary/aromatic N) is 4. The molecule has 28 heavy (non-hydrogen) atoms. The summed E-state index contributed by atoms with van der Waals surface area (Å²) < 4.78 is 3.47. The third-order valence-corrected chi connectivity index (χ3v) is 5.35. The van der Waals surface area contributed by atoms with Crippen molar-refractivity contribution in [1.82, 2.24) is 19.1 Å². The smallest absolute Gasteiger partial charge is 0.246 e. The van der Waals surface area contributed by atoms with Gasteiger partial charge in [0.15, 0.2) is 10.4 Å². The van der Waals surface area contributed by atoms with Crippen molar-refractivity contribution in [3.05, 3.63) is 84.2 Å². The van der Waals surface area contributed by atoms with Crippen LogP contribution in [0.3, 0.4) is 0 Å². The molecule has 6 nitrogen and oxygen atoms in total. The molecule has 4 rings (SSSR count). The number of aromatic nitrogens is 3. The van der Waals surface area contributed by atoms with Crippen LogP contribution < -0.4 is 5.73 Å². The Morgan fingerprint density at radius 1 is 1.11 bits per heavy atom. The van der Waals surface area contributed by atoms with Gasteiger partial charge in [-0.2, -0.15) is 4.98 Å². The van der Waals surface area contributed by atoms with Crippen molar-refractivity contribution in [3.63, 3.8) is 0 Å². The van der Waals surface area contributed by atoms with Gasteiger partial charge in [0.05, 0.1) is 5.52 Å². The maximum atomic E-state index is 13.2. The van der Waals surface area contributed by atoms with Crippen LogP contribution in [-0.2, 0) is 0 Å². The Morgan fingerprint density at radius 3 is 2.64 bits per heavy atom. The molecule has 0 fully saturated rings. The van der Waals surface area contributed by atoms with Crippen LogP contribution in [0.25, 0.3) is 16.7 Å². The van der Waals surface area contributed by atoms with Gasteiger partial charge in [0.1, 0.15) is 5.82 Å². The van der Waals surface area contributed by atoms with E-state index in [0.717, 1.165) is 16.5 Å². The molecule has 7 heteroatoms. The fourth-order valence-corrected chi connectivity index (χ4v) is 3.51. The fourth-order valence-electron chi connectivity index (χ4n) is 3.24. The number of carbonyl (C=O) groups excluding carboxylic acids is 1. The molecule has 0 aliphatic heterocycles. The van der Waals surface area contributed by atoms with Gasteiger partial charge in [-0.05, 0) is 36.8 Å². The Bertz CT molecular complexity index is 1140. The summed E-state index contributed by atoms with van der Waals surface area (Å²) in [4.78, 5) is 21.4. The second-order valence-corrected chi connectivity index (χ2v) is 6.94. The summed E-state index contributed by atoms with van der Waals surface area (Å²) >= 11 is 0. The van der Waals surface area contributed by atoms with E-state index in [4.69, 9.17) is 5.73 Å². The molecule has 0 aliphatic rings. The zero-order valence-electron chi connectivity index (χ0n) is 15.3. The molecule has 1 amide bonds. The predicted octanol–water partition coefficient (Wildman–Crippen LogP) is 3.29. The molecule has 2 aromatic heterocycles. The van der Waals surface area contributed by atoms with Gasteiger partial charge in [0, 0.05) is 29.4 Å². The van der Waals surface area contributed by atoms with Crippen molar-refractivity contribution in [2.45, 2.75) is 13.0 Å². The highest BCUT2D eigenvalue weighted by molar-refractivity contribution is 6.21. The molecular weight excluding hydrogens is 366 g/mol. The van der Waals surface area contributed by atoms with Gasteiger partial charge < -0.3 is 14.9 Å². The van der Waals surface area contributed by atoms with Gasteiger partial charge in [-0.25, -0.2) is 4.98 Å². The van der Waals surface area contributed by atoms with Crippen LogP contribution in [0.2, 0.25) is 0 Å². The van der Waals surface area contributed by atoms with Crippen molar-refractivity contribution in [2.24, 2.45) is 0 Å². The second-order valence-electron chi connectivity index (χ2n) is 6.46. The maximum absolute atomic E-state index is 13.2. The van der Waals surface area contributed by atoms with Crippen LogP contribution in [0.1, 0.15) is 28.9 Å². The molecule has 2 aromatic carbocycles. The number of carbonyl (C=O) groups is 1. The molecule has 2 heterocycles. The van der Waals surface area contributed by atoms with Crippen molar-refractivity contribution in [3.8, 4) is 5.82 Å². The molecular formula is C21H18N5OSi. The van der Waals surface area contributed by atoms with Gasteiger partial charge in [-0.1, -0.05) is 36.4 Å². The quantitative estimate of drug-likeness (QED) is 0.548. The number of nitrogens with two attached hydrogens (primary N) is 1. The zero-order chi connectivity index (χ0) is 19.7. The fraction of sp³-hybridized carbons (Fsp3) is 0.0952. The van der Waals surface area contributed by atoms with Crippen molar-refractivity contribution in [2.75, 3.05) is 5.73 Å². The van der Waals surface area contributed by atoms with E-state index in [1.165, 1.54) is 0 Å². The minimum atomic E-state index is -0.121. The van der Waals surface area contributed by atoms with E-state index in [0.29, 0.717) is 11.4 Å². The summed E-state index contributed by atoms with van der Waals surface area (Å²) in [7, 11) is 3.53. The first-order valence-electron chi connectivity index (χ1n) is 8.85. The molecule has 2 N–H and O–H groups in total. The number of benzene rings is 2. The first-order chi connectivity index (χ1) is 13.6. The lowest BCUT2D eigenvalue weighted by Gasteiger charge is -2.26. The van der Waals surface area contributed by atoms with E-state index in [9.17, 15) is 4.79 Å². The first-order valence-corrected chi connectivity index (χ1v) is 9.29. The van der Waals surface area contributed by atoms with E-state index < -0.39 is 0 Å². The minimum Gasteiger partial charge on any atom is -0.368 e. The second kappa shape index (κ2) is 7.28. The number of fused-ring (bicyclic) bond motifs is 1. The van der Waals surface area contributed by atoms with Crippen molar-refractivity contribution >= 4 is 33.2 Å². The summed E-state index contributed by atoms with van der Waals surface area (Å²) in [5.74, 6) is 0.744. The molecule has 0 saturated carbocycles. The van der Waals surface area contributed by atoms with E-state index in [1.54, 1.807) is 16.8 Å². The molecule has 3 radical (unpaired) electrons. The van der Waals surface area contributed by atoms with Gasteiger partial charge >= 0.3 is 0 Å². The van der Waals surface area contributed by atoms with Crippen molar-refractivity contribution in [1.29, 1.82) is 0 Å². The van der Waals surface area contributed by atoms with Gasteiger partial charge in [0.2, 0.25) is 11.9 Å². The number of nitrogen functional groups attached to an aromatic ring is 1. The molecule has 4 aromatic rings. The third kappa shape index (κ3) is 3.16. The minimum absolute atomic E-state index is 0.112. The lowest BCUT2D eigenvalue weighted by atomic mass is 10.1. The van der Waals surface area contributed by atoms with E-state index in [1.807, 2.05) is 72.3 Å². The summed E-state index contributed by atoms with van der Waals surface area (Å²) in [6, 6.07) is 19.1. The third-order valence-electron chi connectivity index (χ3n) is 4.76. The number of anilines is 1. The number of amides is 1. The maximum Gasteiger partial charge on any atom is 0.246 e. The Balaban J connectivity index is 1.72. The summed E-state index contributed by atoms with van der Waals surface area (Å²) in [5, 5.41) is 0.841. The molecule has 0 unspecified atom stereocenters. The molecule has 0 bridgehead atoms. The molecule has 137 valence electrons. The normalized spacial score (nSPS) is 12.1. The number of rotatable bonds is 4. The van der Waals surface area contributed by atoms with E-state index in [-0.39, 0.29) is 17.9 Å². The van der Waals surface area contributed by atoms with Crippen LogP contribution in [0.5, 0.6) is 0 Å². The van der Waals surface area contributed by atoms with Crippen LogP contribution in [0.15, 0.2) is 73.1 Å². The number of hydrogen-bond donors (Lipinski definition) is 1.